The number of nitrogens with one attached hydrogen (secondary N) is 2. The van der Waals surface area contributed by atoms with Crippen molar-refractivity contribution in [2.45, 2.75) is 32.9 Å². The van der Waals surface area contributed by atoms with Gasteiger partial charge >= 0.3 is 12.1 Å². The lowest BCUT2D eigenvalue weighted by Crippen LogP contribution is -2.36. The van der Waals surface area contributed by atoms with Gasteiger partial charge in [-0.2, -0.15) is 5.10 Å². The molecule has 0 unspecified atom stereocenters. The van der Waals surface area contributed by atoms with Crippen LogP contribution in [0.2, 0.25) is 0 Å². The van der Waals surface area contributed by atoms with Gasteiger partial charge in [-0.05, 0) is 26.8 Å². The normalized spacial score (nSPS) is 11.1. The molecule has 0 fully saturated rings. The van der Waals surface area contributed by atoms with Crippen LogP contribution < -0.4 is 10.6 Å². The monoisotopic (exact) mass is 312 g/mol. The van der Waals surface area contributed by atoms with Crippen LogP contribution in [0.3, 0.4) is 0 Å². The van der Waals surface area contributed by atoms with Gasteiger partial charge in [-0.15, -0.1) is 0 Å². The number of carbonyl (C=O) groups is 2. The van der Waals surface area contributed by atoms with Crippen LogP contribution in [-0.4, -0.2) is 47.6 Å². The molecule has 0 saturated heterocycles. The highest BCUT2D eigenvalue weighted by atomic mass is 16.6. The molecule has 0 bridgehead atoms. The van der Waals surface area contributed by atoms with E-state index in [4.69, 9.17) is 4.74 Å². The molecule has 22 heavy (non-hydrogen) atoms. The molecule has 2 N–H and O–H groups in total. The summed E-state index contributed by atoms with van der Waals surface area (Å²) < 4.78 is 11.3. The third-order valence-corrected chi connectivity index (χ3v) is 2.65. The quantitative estimate of drug-likeness (QED) is 0.596. The molecule has 0 spiro atoms. The molecule has 0 aliphatic carbocycles. The van der Waals surface area contributed by atoms with E-state index in [9.17, 15) is 9.59 Å². The van der Waals surface area contributed by atoms with Crippen LogP contribution in [-0.2, 0) is 23.1 Å². The van der Waals surface area contributed by atoms with E-state index in [0.717, 1.165) is 5.69 Å². The van der Waals surface area contributed by atoms with Gasteiger partial charge in [-0.3, -0.25) is 4.68 Å². The summed E-state index contributed by atoms with van der Waals surface area (Å²) >= 11 is 0. The topological polar surface area (TPSA) is 94.5 Å². The highest BCUT2D eigenvalue weighted by Gasteiger charge is 2.15. The van der Waals surface area contributed by atoms with Crippen molar-refractivity contribution >= 4 is 12.1 Å². The summed E-state index contributed by atoms with van der Waals surface area (Å²) in [6, 6.07) is 1.67. The van der Waals surface area contributed by atoms with Gasteiger partial charge in [0.25, 0.3) is 0 Å². The van der Waals surface area contributed by atoms with Crippen molar-refractivity contribution in [3.8, 4) is 0 Å². The van der Waals surface area contributed by atoms with Crippen molar-refractivity contribution < 1.29 is 19.1 Å². The summed E-state index contributed by atoms with van der Waals surface area (Å²) in [7, 11) is 3.07. The number of amides is 1. The predicted molar refractivity (Wildman–Crippen MR) is 80.5 cm³/mol. The van der Waals surface area contributed by atoms with Crippen LogP contribution in [0.4, 0.5) is 4.79 Å². The molecule has 8 nitrogen and oxygen atoms in total. The molecule has 1 aromatic heterocycles. The number of hydrogen-bond donors (Lipinski definition) is 2. The fourth-order valence-electron chi connectivity index (χ4n) is 1.66. The summed E-state index contributed by atoms with van der Waals surface area (Å²) in [5.41, 5.74) is 0.614. The molecule has 1 aromatic rings. The molecule has 8 heteroatoms. The number of carbonyl (C=O) groups excluding carboxylic acids is 2. The first kappa shape index (κ1) is 18.0. The lowest BCUT2D eigenvalue weighted by Gasteiger charge is -2.19. The number of alkyl carbamates (subject to hydrolysis) is 1. The Balaban J connectivity index is 2.29. The Labute approximate surface area is 130 Å². The van der Waals surface area contributed by atoms with Gasteiger partial charge < -0.3 is 20.1 Å². The standard InChI is InChI=1S/C14H24N4O4/c1-14(2,3)22-13(20)16-7-6-15-9-10-8-11(12(19)21-5)17-18(10)4/h8,15H,6-7,9H2,1-5H3,(H,16,20). The molecule has 1 heterocycles. The molecule has 1 rings (SSSR count). The zero-order valence-electron chi connectivity index (χ0n) is 13.7. The minimum Gasteiger partial charge on any atom is -0.464 e. The van der Waals surface area contributed by atoms with E-state index in [1.807, 2.05) is 20.8 Å². The number of aromatic nitrogens is 2. The number of esters is 1. The van der Waals surface area contributed by atoms with Crippen LogP contribution in [0.5, 0.6) is 0 Å². The molecule has 0 saturated carbocycles. The molecule has 0 radical (unpaired) electrons. The zero-order chi connectivity index (χ0) is 16.8. The Bertz CT molecular complexity index is 519. The Kier molecular flexibility index (Phi) is 6.36. The number of ether oxygens (including phenoxy) is 2. The maximum absolute atomic E-state index is 11.4. The van der Waals surface area contributed by atoms with E-state index in [-0.39, 0.29) is 5.69 Å². The van der Waals surface area contributed by atoms with E-state index in [0.29, 0.717) is 19.6 Å². The number of methoxy groups -OCH3 is 1. The van der Waals surface area contributed by atoms with Crippen LogP contribution in [0.1, 0.15) is 37.0 Å². The predicted octanol–water partition coefficient (Wildman–Crippen LogP) is 0.821. The fraction of sp³-hybridized carbons (Fsp3) is 0.643. The van der Waals surface area contributed by atoms with Crippen molar-refractivity contribution in [1.82, 2.24) is 20.4 Å². The van der Waals surface area contributed by atoms with Crippen molar-refractivity contribution in [2.24, 2.45) is 7.05 Å². The van der Waals surface area contributed by atoms with Crippen molar-refractivity contribution in [3.63, 3.8) is 0 Å². The molecule has 1 amide bonds. The van der Waals surface area contributed by atoms with Gasteiger partial charge in [0.05, 0.1) is 12.8 Å². The number of nitrogens with zero attached hydrogens (tertiary/aromatic N) is 2. The first-order chi connectivity index (χ1) is 10.2. The van der Waals surface area contributed by atoms with Gasteiger partial charge in [0.2, 0.25) is 0 Å². The number of aryl methyl sites for hydroxylation is 1. The minimum atomic E-state index is -0.503. The second kappa shape index (κ2) is 7.79. The van der Waals surface area contributed by atoms with E-state index < -0.39 is 17.7 Å². The Hall–Kier alpha value is -2.09. The van der Waals surface area contributed by atoms with Gasteiger partial charge in [-0.25, -0.2) is 9.59 Å². The molecule has 0 aromatic carbocycles. The maximum atomic E-state index is 11.4. The Morgan fingerprint density at radius 2 is 2.00 bits per heavy atom. The van der Waals surface area contributed by atoms with Gasteiger partial charge in [0.1, 0.15) is 5.60 Å². The number of hydrogen-bond acceptors (Lipinski definition) is 6. The van der Waals surface area contributed by atoms with Crippen molar-refractivity contribution in [1.29, 1.82) is 0 Å². The smallest absolute Gasteiger partial charge is 0.407 e. The average molecular weight is 312 g/mol. The molecule has 0 aliphatic heterocycles. The lowest BCUT2D eigenvalue weighted by molar-refractivity contribution is 0.0527. The molecule has 0 aliphatic rings. The van der Waals surface area contributed by atoms with Crippen LogP contribution >= 0.6 is 0 Å². The first-order valence-electron chi connectivity index (χ1n) is 7.01. The Morgan fingerprint density at radius 3 is 2.59 bits per heavy atom. The highest BCUT2D eigenvalue weighted by Crippen LogP contribution is 2.06. The molecular formula is C14H24N4O4. The summed E-state index contributed by atoms with van der Waals surface area (Å²) in [5, 5.41) is 9.86. The third-order valence-electron chi connectivity index (χ3n) is 2.65. The highest BCUT2D eigenvalue weighted by molar-refractivity contribution is 5.87. The van der Waals surface area contributed by atoms with Crippen LogP contribution in [0.25, 0.3) is 0 Å². The van der Waals surface area contributed by atoms with E-state index in [2.05, 4.69) is 20.5 Å². The van der Waals surface area contributed by atoms with E-state index >= 15 is 0 Å². The van der Waals surface area contributed by atoms with Crippen molar-refractivity contribution in [2.75, 3.05) is 20.2 Å². The largest absolute Gasteiger partial charge is 0.464 e. The van der Waals surface area contributed by atoms with E-state index in [1.54, 1.807) is 17.8 Å². The average Bonchev–Trinajstić information content (AvgIpc) is 2.77. The van der Waals surface area contributed by atoms with Gasteiger partial charge in [0, 0.05) is 26.7 Å². The summed E-state index contributed by atoms with van der Waals surface area (Å²) in [4.78, 5) is 22.8. The van der Waals surface area contributed by atoms with Crippen LogP contribution in [0, 0.1) is 0 Å². The SMILES string of the molecule is COC(=O)c1cc(CNCCNC(=O)OC(C)(C)C)n(C)n1. The Morgan fingerprint density at radius 1 is 1.32 bits per heavy atom. The second-order valence-corrected chi connectivity index (χ2v) is 5.74. The minimum absolute atomic E-state index is 0.272. The van der Waals surface area contributed by atoms with Crippen LogP contribution in [0.15, 0.2) is 6.07 Å². The molecule has 0 atom stereocenters. The van der Waals surface area contributed by atoms with Gasteiger partial charge in [0.15, 0.2) is 5.69 Å². The lowest BCUT2D eigenvalue weighted by atomic mass is 10.2. The maximum Gasteiger partial charge on any atom is 0.407 e. The first-order valence-corrected chi connectivity index (χ1v) is 7.01. The van der Waals surface area contributed by atoms with Crippen molar-refractivity contribution in [3.05, 3.63) is 17.5 Å². The molecule has 124 valence electrons. The fourth-order valence-corrected chi connectivity index (χ4v) is 1.66. The summed E-state index contributed by atoms with van der Waals surface area (Å²) in [6.45, 7) is 6.97. The zero-order valence-corrected chi connectivity index (χ0v) is 13.7. The van der Waals surface area contributed by atoms with Gasteiger partial charge in [-0.1, -0.05) is 0 Å². The summed E-state index contributed by atoms with van der Waals surface area (Å²) in [6.07, 6.45) is -0.442. The van der Waals surface area contributed by atoms with E-state index in [1.165, 1.54) is 7.11 Å². The third kappa shape index (κ3) is 6.13. The number of rotatable bonds is 6. The summed E-state index contributed by atoms with van der Waals surface area (Å²) in [5.74, 6) is -0.464. The second-order valence-electron chi connectivity index (χ2n) is 5.74. The molecular weight excluding hydrogens is 288 g/mol.